The first-order chi connectivity index (χ1) is 9.69. The molecule has 1 fully saturated rings. The highest BCUT2D eigenvalue weighted by molar-refractivity contribution is 5.95. The van der Waals surface area contributed by atoms with Crippen molar-refractivity contribution >= 4 is 29.9 Å². The van der Waals surface area contributed by atoms with E-state index in [2.05, 4.69) is 16.0 Å². The molecule has 7 heteroatoms. The molecule has 0 bridgehead atoms. The monoisotopic (exact) mass is 313 g/mol. The highest BCUT2D eigenvalue weighted by Gasteiger charge is 2.21. The summed E-state index contributed by atoms with van der Waals surface area (Å²) in [5, 5.41) is 8.47. The predicted molar refractivity (Wildman–Crippen MR) is 82.9 cm³/mol. The van der Waals surface area contributed by atoms with Crippen molar-refractivity contribution in [1.29, 1.82) is 0 Å². The summed E-state index contributed by atoms with van der Waals surface area (Å²) < 4.78 is 5.28. The average molecular weight is 314 g/mol. The van der Waals surface area contributed by atoms with E-state index in [1.54, 1.807) is 31.3 Å². The Morgan fingerprint density at radius 1 is 1.33 bits per heavy atom. The molecule has 3 N–H and O–H groups in total. The molecule has 1 saturated heterocycles. The lowest BCUT2D eigenvalue weighted by molar-refractivity contribution is -0.122. The molecule has 1 aromatic carbocycles. The summed E-state index contributed by atoms with van der Waals surface area (Å²) in [7, 11) is 1.56. The Kier molecular flexibility index (Phi) is 6.98. The van der Waals surface area contributed by atoms with Gasteiger partial charge in [0.25, 0.3) is 5.91 Å². The van der Waals surface area contributed by atoms with Gasteiger partial charge in [-0.25, -0.2) is 0 Å². The van der Waals surface area contributed by atoms with Crippen LogP contribution in [0.4, 0.5) is 5.69 Å². The van der Waals surface area contributed by atoms with Crippen molar-refractivity contribution in [3.63, 3.8) is 0 Å². The average Bonchev–Trinajstić information content (AvgIpc) is 3.00. The van der Waals surface area contributed by atoms with Crippen molar-refractivity contribution in [2.75, 3.05) is 25.5 Å². The van der Waals surface area contributed by atoms with Crippen LogP contribution in [-0.2, 0) is 9.59 Å². The summed E-state index contributed by atoms with van der Waals surface area (Å²) >= 11 is 0. The molecule has 6 nitrogen and oxygen atoms in total. The summed E-state index contributed by atoms with van der Waals surface area (Å²) in [6, 6.07) is 6.86. The second-order valence-corrected chi connectivity index (χ2v) is 4.62. The van der Waals surface area contributed by atoms with Gasteiger partial charge in [-0.2, -0.15) is 0 Å². The molecule has 1 unspecified atom stereocenters. The van der Waals surface area contributed by atoms with Crippen molar-refractivity contribution in [1.82, 2.24) is 10.6 Å². The van der Waals surface area contributed by atoms with Crippen LogP contribution in [0.5, 0.6) is 5.75 Å². The van der Waals surface area contributed by atoms with Gasteiger partial charge in [-0.1, -0.05) is 0 Å². The zero-order chi connectivity index (χ0) is 14.4. The van der Waals surface area contributed by atoms with E-state index in [0.29, 0.717) is 5.75 Å². The Morgan fingerprint density at radius 3 is 2.62 bits per heavy atom. The number of likely N-dealkylation sites (N-methyl/N-ethyl adjacent to an activating group) is 1. The summed E-state index contributed by atoms with van der Waals surface area (Å²) in [5.74, 6) is 0.391. The maximum atomic E-state index is 11.9. The molecule has 0 radical (unpaired) electrons. The molecule has 0 aliphatic carbocycles. The summed E-state index contributed by atoms with van der Waals surface area (Å²) in [6.45, 7) is 0.874. The van der Waals surface area contributed by atoms with Crippen molar-refractivity contribution in [2.45, 2.75) is 18.9 Å². The lowest BCUT2D eigenvalue weighted by Crippen LogP contribution is -2.35. The summed E-state index contributed by atoms with van der Waals surface area (Å²) in [4.78, 5) is 22.9. The van der Waals surface area contributed by atoms with Crippen molar-refractivity contribution in [3.05, 3.63) is 24.3 Å². The fourth-order valence-corrected chi connectivity index (χ4v) is 1.99. The van der Waals surface area contributed by atoms with Crippen LogP contribution in [0, 0.1) is 0 Å². The molecule has 1 aliphatic rings. The number of hydrogen-bond acceptors (Lipinski definition) is 4. The van der Waals surface area contributed by atoms with Gasteiger partial charge >= 0.3 is 0 Å². The smallest absolute Gasteiger partial charge is 0.257 e. The number of halogens is 1. The number of rotatable bonds is 5. The quantitative estimate of drug-likeness (QED) is 0.755. The molecule has 116 valence electrons. The lowest BCUT2D eigenvalue weighted by Gasteiger charge is -2.11. The third-order valence-electron chi connectivity index (χ3n) is 3.15. The molecule has 2 amide bonds. The zero-order valence-electron chi connectivity index (χ0n) is 11.8. The number of carbonyl (C=O) groups excluding carboxylic acids is 2. The zero-order valence-corrected chi connectivity index (χ0v) is 12.7. The van der Waals surface area contributed by atoms with Gasteiger partial charge in [0.05, 0.1) is 6.04 Å². The first-order valence-corrected chi connectivity index (χ1v) is 6.67. The highest BCUT2D eigenvalue weighted by atomic mass is 35.5. The Labute approximate surface area is 130 Å². The molecular formula is C14H20ClN3O3. The number of amides is 2. The van der Waals surface area contributed by atoms with E-state index in [-0.39, 0.29) is 36.9 Å². The Balaban J connectivity index is 0.00000220. The second-order valence-electron chi connectivity index (χ2n) is 4.62. The van der Waals surface area contributed by atoms with Crippen molar-refractivity contribution in [2.24, 2.45) is 0 Å². The SMILES string of the molecule is CNC(=O)COc1ccc(NC(=O)C2CCCN2)cc1.Cl. The van der Waals surface area contributed by atoms with E-state index in [1.165, 1.54) is 0 Å². The first-order valence-electron chi connectivity index (χ1n) is 6.67. The van der Waals surface area contributed by atoms with Gasteiger partial charge < -0.3 is 20.7 Å². The van der Waals surface area contributed by atoms with E-state index in [1.807, 2.05) is 0 Å². The summed E-state index contributed by atoms with van der Waals surface area (Å²) in [5.41, 5.74) is 0.719. The van der Waals surface area contributed by atoms with Crippen LogP contribution in [0.25, 0.3) is 0 Å². The minimum atomic E-state index is -0.185. The van der Waals surface area contributed by atoms with Gasteiger partial charge in [-0.15, -0.1) is 12.4 Å². The lowest BCUT2D eigenvalue weighted by atomic mass is 10.2. The van der Waals surface area contributed by atoms with E-state index in [9.17, 15) is 9.59 Å². The Bertz CT molecular complexity index is 473. The normalized spacial score (nSPS) is 16.7. The third-order valence-corrected chi connectivity index (χ3v) is 3.15. The highest BCUT2D eigenvalue weighted by Crippen LogP contribution is 2.16. The van der Waals surface area contributed by atoms with Crippen LogP contribution in [0.2, 0.25) is 0 Å². The maximum absolute atomic E-state index is 11.9. The topological polar surface area (TPSA) is 79.5 Å². The Hall–Kier alpha value is -1.79. The van der Waals surface area contributed by atoms with Gasteiger partial charge in [-0.05, 0) is 43.7 Å². The maximum Gasteiger partial charge on any atom is 0.257 e. The van der Waals surface area contributed by atoms with Crippen LogP contribution >= 0.6 is 12.4 Å². The van der Waals surface area contributed by atoms with E-state index in [0.717, 1.165) is 25.1 Å². The molecule has 1 atom stereocenters. The fraction of sp³-hybridized carbons (Fsp3) is 0.429. The number of hydrogen-bond donors (Lipinski definition) is 3. The van der Waals surface area contributed by atoms with E-state index in [4.69, 9.17) is 4.74 Å². The molecular weight excluding hydrogens is 294 g/mol. The minimum Gasteiger partial charge on any atom is -0.484 e. The van der Waals surface area contributed by atoms with Crippen LogP contribution in [0.1, 0.15) is 12.8 Å². The standard InChI is InChI=1S/C14H19N3O3.ClH/c1-15-13(18)9-20-11-6-4-10(5-7-11)17-14(19)12-3-2-8-16-12;/h4-7,12,16H,2-3,8-9H2,1H3,(H,15,18)(H,17,19);1H. The van der Waals surface area contributed by atoms with E-state index < -0.39 is 0 Å². The molecule has 2 rings (SSSR count). The van der Waals surface area contributed by atoms with Crippen LogP contribution < -0.4 is 20.7 Å². The number of anilines is 1. The molecule has 0 saturated carbocycles. The number of nitrogens with one attached hydrogen (secondary N) is 3. The molecule has 1 aromatic rings. The van der Waals surface area contributed by atoms with Crippen LogP contribution in [0.3, 0.4) is 0 Å². The largest absolute Gasteiger partial charge is 0.484 e. The van der Waals surface area contributed by atoms with Gasteiger partial charge in [-0.3, -0.25) is 9.59 Å². The van der Waals surface area contributed by atoms with Crippen molar-refractivity contribution < 1.29 is 14.3 Å². The molecule has 0 aromatic heterocycles. The first kappa shape index (κ1) is 17.3. The third kappa shape index (κ3) is 5.24. The molecule has 1 aliphatic heterocycles. The number of carbonyl (C=O) groups is 2. The summed E-state index contributed by atoms with van der Waals surface area (Å²) in [6.07, 6.45) is 1.91. The minimum absolute atomic E-state index is 0. The molecule has 1 heterocycles. The molecule has 0 spiro atoms. The van der Waals surface area contributed by atoms with Crippen LogP contribution in [-0.4, -0.2) is 38.1 Å². The van der Waals surface area contributed by atoms with Gasteiger partial charge in [0.15, 0.2) is 6.61 Å². The predicted octanol–water partition coefficient (Wildman–Crippen LogP) is 0.924. The van der Waals surface area contributed by atoms with E-state index >= 15 is 0 Å². The van der Waals surface area contributed by atoms with Crippen LogP contribution in [0.15, 0.2) is 24.3 Å². The number of benzene rings is 1. The van der Waals surface area contributed by atoms with Crippen molar-refractivity contribution in [3.8, 4) is 5.75 Å². The van der Waals surface area contributed by atoms with Gasteiger partial charge in [0.1, 0.15) is 5.75 Å². The fourth-order valence-electron chi connectivity index (χ4n) is 1.99. The second kappa shape index (κ2) is 8.49. The van der Waals surface area contributed by atoms with Gasteiger partial charge in [0, 0.05) is 12.7 Å². The Morgan fingerprint density at radius 2 is 2.05 bits per heavy atom. The molecule has 21 heavy (non-hydrogen) atoms. The number of ether oxygens (including phenoxy) is 1. The van der Waals surface area contributed by atoms with Gasteiger partial charge in [0.2, 0.25) is 5.91 Å².